The first-order chi connectivity index (χ1) is 6.31. The van der Waals surface area contributed by atoms with Crippen molar-refractivity contribution in [1.82, 2.24) is 0 Å². The minimum absolute atomic E-state index is 0.443. The summed E-state index contributed by atoms with van der Waals surface area (Å²) in [7, 11) is -0.902. The van der Waals surface area contributed by atoms with Crippen LogP contribution in [-0.4, -0.2) is 14.2 Å². The van der Waals surface area contributed by atoms with Crippen LogP contribution in [0.2, 0.25) is 24.2 Å². The Hall–Kier alpha value is 0.147. The van der Waals surface area contributed by atoms with Crippen molar-refractivity contribution >= 4 is 8.07 Å². The maximum absolute atomic E-state index is 13.0. The van der Waals surface area contributed by atoms with E-state index in [9.17, 15) is 4.39 Å². The predicted molar refractivity (Wildman–Crippen MR) is 57.6 cm³/mol. The van der Waals surface area contributed by atoms with Gasteiger partial charge in [-0.2, -0.15) is 0 Å². The molecule has 0 amide bonds. The fraction of sp³-hybridized carbons (Fsp3) is 1.00. The topological polar surface area (TPSA) is 0 Å². The van der Waals surface area contributed by atoms with E-state index in [0.29, 0.717) is 0 Å². The number of rotatable bonds is 0. The Labute approximate surface area is 81.9 Å². The van der Waals surface area contributed by atoms with E-state index >= 15 is 0 Å². The summed E-state index contributed by atoms with van der Waals surface area (Å²) in [4.78, 5) is 0. The fourth-order valence-corrected chi connectivity index (χ4v) is 8.52. The highest BCUT2D eigenvalue weighted by molar-refractivity contribution is 6.80. The smallest absolute Gasteiger partial charge is 0.0996 e. The Balaban J connectivity index is 1.93. The quantitative estimate of drug-likeness (QED) is 0.516. The van der Waals surface area contributed by atoms with E-state index in [1.807, 2.05) is 0 Å². The van der Waals surface area contributed by atoms with Crippen molar-refractivity contribution < 1.29 is 4.39 Å². The molecule has 13 heavy (non-hydrogen) atoms. The molecule has 2 aliphatic rings. The van der Waals surface area contributed by atoms with Crippen molar-refractivity contribution in [3.63, 3.8) is 0 Å². The lowest BCUT2D eigenvalue weighted by Crippen LogP contribution is -2.37. The summed E-state index contributed by atoms with van der Waals surface area (Å²) in [5.41, 5.74) is 0. The average molecular weight is 200 g/mol. The van der Waals surface area contributed by atoms with E-state index in [0.717, 1.165) is 12.8 Å². The fourth-order valence-electron chi connectivity index (χ4n) is 3.17. The average Bonchev–Trinajstić information content (AvgIpc) is 2.37. The van der Waals surface area contributed by atoms with Crippen molar-refractivity contribution in [1.29, 1.82) is 0 Å². The zero-order valence-corrected chi connectivity index (χ0v) is 9.53. The predicted octanol–water partition coefficient (Wildman–Crippen LogP) is 4.14. The van der Waals surface area contributed by atoms with Crippen molar-refractivity contribution in [3.8, 4) is 0 Å². The highest BCUT2D eigenvalue weighted by Crippen LogP contribution is 2.40. The van der Waals surface area contributed by atoms with Gasteiger partial charge < -0.3 is 0 Å². The molecule has 0 aromatic rings. The van der Waals surface area contributed by atoms with E-state index < -0.39 is 14.2 Å². The van der Waals surface area contributed by atoms with Crippen LogP contribution < -0.4 is 0 Å². The van der Waals surface area contributed by atoms with Gasteiger partial charge in [0, 0.05) is 0 Å². The largest absolute Gasteiger partial charge is 0.248 e. The summed E-state index contributed by atoms with van der Waals surface area (Å²) in [6.07, 6.45) is 7.20. The van der Waals surface area contributed by atoms with Gasteiger partial charge in [-0.15, -0.1) is 0 Å². The molecule has 2 rings (SSSR count). The molecule has 0 bridgehead atoms. The molecule has 0 nitrogen and oxygen atoms in total. The summed E-state index contributed by atoms with van der Waals surface area (Å²) in [5.74, 6) is 0. The summed E-state index contributed by atoms with van der Waals surface area (Å²) in [6, 6.07) is 5.68. The molecule has 0 aromatic heterocycles. The Bertz CT molecular complexity index is 151. The van der Waals surface area contributed by atoms with E-state index in [2.05, 4.69) is 0 Å². The summed E-state index contributed by atoms with van der Waals surface area (Å²) >= 11 is 0. The molecule has 2 saturated heterocycles. The van der Waals surface area contributed by atoms with Gasteiger partial charge in [-0.25, -0.2) is 4.39 Å². The molecule has 1 spiro atoms. The molecule has 0 N–H and O–H groups in total. The third kappa shape index (κ3) is 2.33. The highest BCUT2D eigenvalue weighted by atomic mass is 28.3. The summed E-state index contributed by atoms with van der Waals surface area (Å²) in [6.45, 7) is 0. The van der Waals surface area contributed by atoms with Crippen LogP contribution in [0.3, 0.4) is 0 Å². The first kappa shape index (κ1) is 9.69. The molecule has 2 fully saturated rings. The highest BCUT2D eigenvalue weighted by Gasteiger charge is 2.37. The maximum atomic E-state index is 13.0. The zero-order valence-electron chi connectivity index (χ0n) is 8.53. The first-order valence-corrected chi connectivity index (χ1v) is 8.78. The lowest BCUT2D eigenvalue weighted by Gasteiger charge is -2.35. The minimum atomic E-state index is -0.902. The van der Waals surface area contributed by atoms with Gasteiger partial charge in [0.05, 0.1) is 14.2 Å². The monoisotopic (exact) mass is 200 g/mol. The van der Waals surface area contributed by atoms with E-state index in [1.165, 1.54) is 49.9 Å². The van der Waals surface area contributed by atoms with Gasteiger partial charge in [0.15, 0.2) is 0 Å². The summed E-state index contributed by atoms with van der Waals surface area (Å²) < 4.78 is 13.0. The molecule has 0 radical (unpaired) electrons. The standard InChI is InChI=1S/C11H21FSi/c12-11-5-9-13(10-6-11)7-3-1-2-4-8-13/h11H,1-10H2. The van der Waals surface area contributed by atoms with Crippen LogP contribution in [0, 0.1) is 0 Å². The lowest BCUT2D eigenvalue weighted by molar-refractivity contribution is 0.303. The van der Waals surface area contributed by atoms with E-state index in [-0.39, 0.29) is 0 Å². The Morgan fingerprint density at radius 2 is 1.31 bits per heavy atom. The number of hydrogen-bond acceptors (Lipinski definition) is 0. The van der Waals surface area contributed by atoms with Crippen molar-refractivity contribution in [2.45, 2.75) is 68.9 Å². The van der Waals surface area contributed by atoms with E-state index in [4.69, 9.17) is 0 Å². The van der Waals surface area contributed by atoms with E-state index in [1.54, 1.807) is 0 Å². The molecule has 0 saturated carbocycles. The molecular formula is C11H21FSi. The first-order valence-electron chi connectivity index (χ1n) is 5.95. The molecule has 2 aliphatic heterocycles. The van der Waals surface area contributed by atoms with Gasteiger partial charge >= 0.3 is 0 Å². The molecule has 0 atom stereocenters. The van der Waals surface area contributed by atoms with Gasteiger partial charge in [0.25, 0.3) is 0 Å². The summed E-state index contributed by atoms with van der Waals surface area (Å²) in [5, 5.41) is 0. The Morgan fingerprint density at radius 1 is 0.769 bits per heavy atom. The van der Waals surface area contributed by atoms with Crippen LogP contribution in [0.25, 0.3) is 0 Å². The van der Waals surface area contributed by atoms with Crippen molar-refractivity contribution in [3.05, 3.63) is 0 Å². The molecule has 76 valence electrons. The van der Waals surface area contributed by atoms with Gasteiger partial charge in [-0.1, -0.05) is 49.9 Å². The van der Waals surface area contributed by atoms with Gasteiger partial charge in [0.2, 0.25) is 0 Å². The van der Waals surface area contributed by atoms with Crippen LogP contribution in [0.15, 0.2) is 0 Å². The van der Waals surface area contributed by atoms with Gasteiger partial charge in [-0.05, 0) is 12.8 Å². The lowest BCUT2D eigenvalue weighted by atomic mass is 10.2. The SMILES string of the molecule is FC1CC[Si]2(CCCCCC2)CC1. The van der Waals surface area contributed by atoms with Crippen LogP contribution >= 0.6 is 0 Å². The molecule has 2 heterocycles. The van der Waals surface area contributed by atoms with Gasteiger partial charge in [-0.3, -0.25) is 0 Å². The second kappa shape index (κ2) is 4.12. The zero-order chi connectivity index (χ0) is 9.15. The normalized spacial score (nSPS) is 30.2. The minimum Gasteiger partial charge on any atom is -0.248 e. The van der Waals surface area contributed by atoms with Crippen molar-refractivity contribution in [2.24, 2.45) is 0 Å². The van der Waals surface area contributed by atoms with Crippen molar-refractivity contribution in [2.75, 3.05) is 0 Å². The third-order valence-electron chi connectivity index (χ3n) is 4.14. The van der Waals surface area contributed by atoms with Crippen LogP contribution in [-0.2, 0) is 0 Å². The Morgan fingerprint density at radius 3 is 1.85 bits per heavy atom. The molecule has 0 unspecified atom stereocenters. The molecule has 2 heteroatoms. The molecule has 0 aliphatic carbocycles. The third-order valence-corrected chi connectivity index (χ3v) is 9.67. The maximum Gasteiger partial charge on any atom is 0.0996 e. The van der Waals surface area contributed by atoms with Crippen LogP contribution in [0.5, 0.6) is 0 Å². The number of alkyl halides is 1. The van der Waals surface area contributed by atoms with Gasteiger partial charge in [0.1, 0.15) is 0 Å². The second-order valence-electron chi connectivity index (χ2n) is 5.09. The Kier molecular flexibility index (Phi) is 3.07. The molecule has 0 aromatic carbocycles. The van der Waals surface area contributed by atoms with Crippen LogP contribution in [0.1, 0.15) is 38.5 Å². The molecular weight excluding hydrogens is 179 g/mol. The van der Waals surface area contributed by atoms with Crippen LogP contribution in [0.4, 0.5) is 4.39 Å². The number of hydrogen-bond donors (Lipinski definition) is 0. The number of halogens is 1. The second-order valence-corrected chi connectivity index (χ2v) is 10.1.